The summed E-state index contributed by atoms with van der Waals surface area (Å²) in [5.74, 6) is -0.261. The second-order valence-electron chi connectivity index (χ2n) is 6.48. The normalized spacial score (nSPS) is 16.8. The number of nitrogens with zero attached hydrogens (tertiary/aromatic N) is 1. The van der Waals surface area contributed by atoms with Crippen molar-refractivity contribution in [2.45, 2.75) is 24.2 Å². The molecule has 0 saturated carbocycles. The molecule has 0 radical (unpaired) electrons. The van der Waals surface area contributed by atoms with Gasteiger partial charge in [0.1, 0.15) is 0 Å². The number of carbonyl (C=O) groups is 1. The van der Waals surface area contributed by atoms with Crippen molar-refractivity contribution in [1.29, 1.82) is 0 Å². The van der Waals surface area contributed by atoms with Gasteiger partial charge in [0.15, 0.2) is 0 Å². The molecule has 142 valence electrons. The Balaban J connectivity index is 1.43. The number of nitrogens with one attached hydrogen (secondary N) is 1. The number of carbonyl (C=O) groups excluding carboxylic acids is 1. The Morgan fingerprint density at radius 1 is 1.31 bits per heavy atom. The summed E-state index contributed by atoms with van der Waals surface area (Å²) >= 11 is 2.84. The van der Waals surface area contributed by atoms with E-state index in [1.54, 1.807) is 11.3 Å². The fourth-order valence-electron chi connectivity index (χ4n) is 3.04. The second kappa shape index (κ2) is 8.62. The number of sulfonamides is 1. The zero-order valence-electron chi connectivity index (χ0n) is 14.4. The van der Waals surface area contributed by atoms with Crippen LogP contribution < -0.4 is 10.5 Å². The Kier molecular flexibility index (Phi) is 6.46. The van der Waals surface area contributed by atoms with Crippen molar-refractivity contribution in [3.63, 3.8) is 0 Å². The van der Waals surface area contributed by atoms with E-state index in [9.17, 15) is 13.2 Å². The van der Waals surface area contributed by atoms with E-state index in [2.05, 4.69) is 27.1 Å². The molecule has 0 spiro atoms. The van der Waals surface area contributed by atoms with Gasteiger partial charge < -0.3 is 10.6 Å². The van der Waals surface area contributed by atoms with Crippen LogP contribution in [-0.2, 0) is 16.4 Å². The molecule has 26 heavy (non-hydrogen) atoms. The lowest BCUT2D eigenvalue weighted by atomic mass is 9.97. The highest BCUT2D eigenvalue weighted by Gasteiger charge is 2.23. The second-order valence-corrected chi connectivity index (χ2v) is 10.2. The average Bonchev–Trinajstić information content (AvgIpc) is 3.31. The number of rotatable bonds is 8. The van der Waals surface area contributed by atoms with Crippen molar-refractivity contribution in [1.82, 2.24) is 9.62 Å². The van der Waals surface area contributed by atoms with Crippen LogP contribution in [0.3, 0.4) is 0 Å². The number of hydrogen-bond donors (Lipinski definition) is 2. The van der Waals surface area contributed by atoms with Gasteiger partial charge in [0.25, 0.3) is 5.91 Å². The van der Waals surface area contributed by atoms with Gasteiger partial charge >= 0.3 is 0 Å². The van der Waals surface area contributed by atoms with Gasteiger partial charge in [0.2, 0.25) is 10.0 Å². The van der Waals surface area contributed by atoms with E-state index < -0.39 is 15.9 Å². The molecule has 3 N–H and O–H groups in total. The summed E-state index contributed by atoms with van der Waals surface area (Å²) in [6.45, 7) is 3.50. The summed E-state index contributed by atoms with van der Waals surface area (Å²) in [6.07, 6.45) is 3.06. The summed E-state index contributed by atoms with van der Waals surface area (Å²) < 4.78 is 27.4. The van der Waals surface area contributed by atoms with Crippen LogP contribution in [0.4, 0.5) is 0 Å². The van der Waals surface area contributed by atoms with Gasteiger partial charge in [-0.05, 0) is 55.8 Å². The Morgan fingerprint density at radius 3 is 2.69 bits per heavy atom. The van der Waals surface area contributed by atoms with E-state index in [1.165, 1.54) is 16.3 Å². The third-order valence-electron chi connectivity index (χ3n) is 4.65. The molecule has 2 aromatic rings. The Hall–Kier alpha value is -1.26. The fraction of sp³-hybridized carbons (Fsp3) is 0.471. The molecule has 2 aromatic heterocycles. The summed E-state index contributed by atoms with van der Waals surface area (Å²) in [5, 5.41) is 3.56. The van der Waals surface area contributed by atoms with E-state index >= 15 is 0 Å². The molecule has 6 nitrogen and oxygen atoms in total. The van der Waals surface area contributed by atoms with Crippen molar-refractivity contribution in [3.05, 3.63) is 38.7 Å². The molecule has 0 aliphatic carbocycles. The molecule has 0 atom stereocenters. The van der Waals surface area contributed by atoms with E-state index in [0.717, 1.165) is 50.2 Å². The molecule has 1 fully saturated rings. The minimum absolute atomic E-state index is 0.115. The van der Waals surface area contributed by atoms with Crippen molar-refractivity contribution >= 4 is 38.6 Å². The first-order valence-corrected chi connectivity index (χ1v) is 11.8. The lowest BCUT2D eigenvalue weighted by molar-refractivity contribution is 0.100. The predicted octanol–water partition coefficient (Wildman–Crippen LogP) is 2.14. The van der Waals surface area contributed by atoms with Crippen molar-refractivity contribution in [3.8, 4) is 0 Å². The highest BCUT2D eigenvalue weighted by atomic mass is 32.2. The zero-order valence-corrected chi connectivity index (χ0v) is 16.8. The summed E-state index contributed by atoms with van der Waals surface area (Å²) in [5.41, 5.74) is 5.18. The van der Waals surface area contributed by atoms with E-state index in [1.807, 2.05) is 0 Å². The van der Waals surface area contributed by atoms with Crippen LogP contribution in [0.15, 0.2) is 33.9 Å². The largest absolute Gasteiger partial charge is 0.365 e. The van der Waals surface area contributed by atoms with Crippen molar-refractivity contribution in [2.24, 2.45) is 11.7 Å². The number of piperidine rings is 1. The van der Waals surface area contributed by atoms with Gasteiger partial charge in [-0.1, -0.05) is 6.07 Å². The lowest BCUT2D eigenvalue weighted by Gasteiger charge is -2.31. The maximum absolute atomic E-state index is 12.3. The monoisotopic (exact) mass is 413 g/mol. The molecule has 0 unspecified atom stereocenters. The quantitative estimate of drug-likeness (QED) is 0.693. The maximum atomic E-state index is 12.3. The highest BCUT2D eigenvalue weighted by Crippen LogP contribution is 2.21. The minimum atomic E-state index is -3.59. The number of hydrogen-bond acceptors (Lipinski definition) is 6. The molecule has 1 saturated heterocycles. The van der Waals surface area contributed by atoms with Crippen LogP contribution in [0, 0.1) is 5.92 Å². The van der Waals surface area contributed by atoms with Crippen LogP contribution in [0.1, 0.15) is 27.4 Å². The number of thiophene rings is 2. The molecular weight excluding hydrogens is 390 g/mol. The third-order valence-corrected chi connectivity index (χ3v) is 8.09. The molecule has 1 aliphatic heterocycles. The Bertz CT molecular complexity index is 823. The van der Waals surface area contributed by atoms with Gasteiger partial charge in [-0.2, -0.15) is 0 Å². The Labute approximate surface area is 162 Å². The fourth-order valence-corrected chi connectivity index (χ4v) is 5.98. The number of nitrogens with two attached hydrogens (primary N) is 1. The highest BCUT2D eigenvalue weighted by molar-refractivity contribution is 7.89. The van der Waals surface area contributed by atoms with Crippen LogP contribution in [0.2, 0.25) is 0 Å². The molecule has 3 rings (SSSR count). The molecule has 9 heteroatoms. The lowest BCUT2D eigenvalue weighted by Crippen LogP contribution is -2.39. The minimum Gasteiger partial charge on any atom is -0.365 e. The molecule has 1 aliphatic rings. The van der Waals surface area contributed by atoms with E-state index in [0.29, 0.717) is 12.5 Å². The number of amides is 1. The number of likely N-dealkylation sites (tertiary alicyclic amines) is 1. The standard InChI is InChI=1S/C17H23N3O3S3/c18-17(21)16-10-15(12-25-16)26(22,23)19-11-13-3-6-20(7-4-13)8-5-14-2-1-9-24-14/h1-2,9-10,12-13,19H,3-8,11H2,(H2,18,21). The van der Waals surface area contributed by atoms with Crippen LogP contribution in [0.5, 0.6) is 0 Å². The topological polar surface area (TPSA) is 92.5 Å². The predicted molar refractivity (Wildman–Crippen MR) is 105 cm³/mol. The van der Waals surface area contributed by atoms with Gasteiger partial charge in [-0.15, -0.1) is 22.7 Å². The van der Waals surface area contributed by atoms with Crippen molar-refractivity contribution in [2.75, 3.05) is 26.2 Å². The van der Waals surface area contributed by atoms with Crippen molar-refractivity contribution < 1.29 is 13.2 Å². The smallest absolute Gasteiger partial charge is 0.258 e. The SMILES string of the molecule is NC(=O)c1cc(S(=O)(=O)NCC2CCN(CCc3cccs3)CC2)cs1. The molecule has 0 bridgehead atoms. The first kappa shape index (κ1) is 19.5. The zero-order chi connectivity index (χ0) is 18.6. The molecular formula is C17H23N3O3S3. The Morgan fingerprint density at radius 2 is 2.08 bits per heavy atom. The van der Waals surface area contributed by atoms with E-state index in [4.69, 9.17) is 5.73 Å². The summed E-state index contributed by atoms with van der Waals surface area (Å²) in [6, 6.07) is 5.58. The maximum Gasteiger partial charge on any atom is 0.258 e. The molecule has 0 aromatic carbocycles. The molecule has 3 heterocycles. The first-order valence-electron chi connectivity index (χ1n) is 8.57. The summed E-state index contributed by atoms with van der Waals surface area (Å²) in [7, 11) is -3.59. The van der Waals surface area contributed by atoms with Gasteiger partial charge in [-0.25, -0.2) is 13.1 Å². The van der Waals surface area contributed by atoms with Crippen LogP contribution in [0.25, 0.3) is 0 Å². The van der Waals surface area contributed by atoms with Gasteiger partial charge in [0, 0.05) is 23.3 Å². The third kappa shape index (κ3) is 5.14. The van der Waals surface area contributed by atoms with Crippen LogP contribution in [-0.4, -0.2) is 45.4 Å². The van der Waals surface area contributed by atoms with Gasteiger partial charge in [0.05, 0.1) is 9.77 Å². The number of primary amides is 1. The average molecular weight is 414 g/mol. The van der Waals surface area contributed by atoms with Gasteiger partial charge in [-0.3, -0.25) is 4.79 Å². The summed E-state index contributed by atoms with van der Waals surface area (Å²) in [4.78, 5) is 15.3. The van der Waals surface area contributed by atoms with Crippen LogP contribution >= 0.6 is 22.7 Å². The first-order chi connectivity index (χ1) is 12.4. The van der Waals surface area contributed by atoms with E-state index in [-0.39, 0.29) is 9.77 Å². The molecule has 1 amide bonds.